The maximum absolute atomic E-state index is 13.3. The molecule has 1 heterocycles. The number of methoxy groups -OCH3 is 1. The fourth-order valence-electron chi connectivity index (χ4n) is 4.63. The Morgan fingerprint density at radius 1 is 1.15 bits per heavy atom. The van der Waals surface area contributed by atoms with Crippen molar-refractivity contribution in [3.05, 3.63) is 64.2 Å². The second-order valence-electron chi connectivity index (χ2n) is 9.46. The average molecular weight is 562 g/mol. The summed E-state index contributed by atoms with van der Waals surface area (Å²) in [6, 6.07) is 12.9. The van der Waals surface area contributed by atoms with E-state index < -0.39 is 12.2 Å². The van der Waals surface area contributed by atoms with Crippen LogP contribution in [0, 0.1) is 5.92 Å². The number of ether oxygens (including phenoxy) is 4. The van der Waals surface area contributed by atoms with Gasteiger partial charge >= 0.3 is 6.09 Å². The minimum absolute atomic E-state index is 0.139. The molecule has 2 amide bonds. The topological polar surface area (TPSA) is 107 Å². The lowest BCUT2D eigenvalue weighted by molar-refractivity contribution is 0.0478. The zero-order valence-corrected chi connectivity index (χ0v) is 23.7. The van der Waals surface area contributed by atoms with E-state index in [9.17, 15) is 9.59 Å². The zero-order chi connectivity index (χ0) is 28.0. The first kappa shape index (κ1) is 30.7. The zero-order valence-electron chi connectivity index (χ0n) is 23.0. The Morgan fingerprint density at radius 2 is 2.00 bits per heavy atom. The highest BCUT2D eigenvalue weighted by Gasteiger charge is 2.22. The number of halogens is 1. The number of likely N-dealkylation sites (N-methyl/N-ethyl adjacent to an activating group) is 1. The standard InChI is InChI=1S/C29H40ClN3O6/c1-4-38-26-16-22(27(21-8-5-9-24(30)15-21)39-12-10-32-29(35)36-3)14-23(17-26)28(34)33-18-25(31-2)13-20-7-6-11-37-19-20/h5,8-9,14-17,20,25,27,31H,4,6-7,10-13,18-19H2,1-3H3,(H,32,35)(H,33,34)/t20-,25?,27-/m1/s1. The van der Waals surface area contributed by atoms with Gasteiger partial charge in [-0.15, -0.1) is 0 Å². The number of hydrogen-bond acceptors (Lipinski definition) is 7. The molecule has 3 N–H and O–H groups in total. The predicted molar refractivity (Wildman–Crippen MR) is 151 cm³/mol. The summed E-state index contributed by atoms with van der Waals surface area (Å²) in [6.45, 7) is 4.89. The van der Waals surface area contributed by atoms with Gasteiger partial charge in [0, 0.05) is 42.9 Å². The van der Waals surface area contributed by atoms with Crippen LogP contribution >= 0.6 is 11.6 Å². The molecule has 2 aromatic carbocycles. The molecular weight excluding hydrogens is 522 g/mol. The van der Waals surface area contributed by atoms with E-state index in [1.165, 1.54) is 7.11 Å². The summed E-state index contributed by atoms with van der Waals surface area (Å²) in [4.78, 5) is 24.7. The molecular formula is C29H40ClN3O6. The summed E-state index contributed by atoms with van der Waals surface area (Å²) < 4.78 is 22.2. The van der Waals surface area contributed by atoms with Gasteiger partial charge < -0.3 is 34.9 Å². The van der Waals surface area contributed by atoms with E-state index in [1.807, 2.05) is 38.2 Å². The first-order valence-electron chi connectivity index (χ1n) is 13.4. The Labute approximate surface area is 235 Å². The summed E-state index contributed by atoms with van der Waals surface area (Å²) >= 11 is 6.28. The van der Waals surface area contributed by atoms with Crippen molar-refractivity contribution in [2.75, 3.05) is 53.7 Å². The number of alkyl carbamates (subject to hydrolysis) is 1. The molecule has 1 unspecified atom stereocenters. The van der Waals surface area contributed by atoms with Crippen molar-refractivity contribution in [3.8, 4) is 5.75 Å². The van der Waals surface area contributed by atoms with Crippen LogP contribution in [0.1, 0.15) is 53.8 Å². The first-order chi connectivity index (χ1) is 18.9. The molecule has 1 aliphatic rings. The molecule has 1 aliphatic heterocycles. The second-order valence-corrected chi connectivity index (χ2v) is 9.90. The van der Waals surface area contributed by atoms with Gasteiger partial charge in [-0.3, -0.25) is 4.79 Å². The van der Waals surface area contributed by atoms with E-state index in [1.54, 1.807) is 18.2 Å². The number of hydrogen-bond donors (Lipinski definition) is 3. The summed E-state index contributed by atoms with van der Waals surface area (Å²) in [7, 11) is 3.22. The predicted octanol–water partition coefficient (Wildman–Crippen LogP) is 4.34. The van der Waals surface area contributed by atoms with Crippen LogP contribution in [0.3, 0.4) is 0 Å². The van der Waals surface area contributed by atoms with Gasteiger partial charge in [-0.25, -0.2) is 4.79 Å². The molecule has 2 aromatic rings. The third-order valence-corrected chi connectivity index (χ3v) is 6.82. The van der Waals surface area contributed by atoms with Gasteiger partial charge in [0.05, 0.1) is 20.3 Å². The largest absolute Gasteiger partial charge is 0.494 e. The molecule has 214 valence electrons. The van der Waals surface area contributed by atoms with Crippen LogP contribution in [0.5, 0.6) is 5.75 Å². The molecule has 0 saturated carbocycles. The smallest absolute Gasteiger partial charge is 0.406 e. The van der Waals surface area contributed by atoms with Gasteiger partial charge in [-0.2, -0.15) is 0 Å². The molecule has 1 fully saturated rings. The highest BCUT2D eigenvalue weighted by atomic mass is 35.5. The third-order valence-electron chi connectivity index (χ3n) is 6.59. The minimum atomic E-state index is -0.550. The maximum Gasteiger partial charge on any atom is 0.406 e. The maximum atomic E-state index is 13.3. The van der Waals surface area contributed by atoms with Crippen molar-refractivity contribution < 1.29 is 28.5 Å². The van der Waals surface area contributed by atoms with Crippen LogP contribution in [-0.2, 0) is 14.2 Å². The average Bonchev–Trinajstić information content (AvgIpc) is 2.95. The second kappa shape index (κ2) is 16.3. The van der Waals surface area contributed by atoms with Gasteiger partial charge in [0.2, 0.25) is 0 Å². The van der Waals surface area contributed by atoms with Gasteiger partial charge in [0.15, 0.2) is 0 Å². The van der Waals surface area contributed by atoms with E-state index in [2.05, 4.69) is 20.7 Å². The van der Waals surface area contributed by atoms with Crippen LogP contribution in [0.15, 0.2) is 42.5 Å². The molecule has 39 heavy (non-hydrogen) atoms. The molecule has 0 aliphatic carbocycles. The van der Waals surface area contributed by atoms with Crippen LogP contribution in [0.25, 0.3) is 0 Å². The third kappa shape index (κ3) is 10.0. The molecule has 9 nitrogen and oxygen atoms in total. The lowest BCUT2D eigenvalue weighted by atomic mass is 9.94. The number of carbonyl (C=O) groups is 2. The molecule has 10 heteroatoms. The fourth-order valence-corrected chi connectivity index (χ4v) is 4.83. The van der Waals surface area contributed by atoms with Gasteiger partial charge in [-0.1, -0.05) is 23.7 Å². The van der Waals surface area contributed by atoms with Gasteiger partial charge in [0.25, 0.3) is 5.91 Å². The molecule has 3 atom stereocenters. The number of amides is 2. The molecule has 0 radical (unpaired) electrons. The van der Waals surface area contributed by atoms with Crippen molar-refractivity contribution in [2.45, 2.75) is 38.3 Å². The monoisotopic (exact) mass is 561 g/mol. The molecule has 1 saturated heterocycles. The van der Waals surface area contributed by atoms with Gasteiger partial charge in [-0.05, 0) is 80.6 Å². The van der Waals surface area contributed by atoms with E-state index in [0.29, 0.717) is 35.4 Å². The van der Waals surface area contributed by atoms with E-state index in [-0.39, 0.29) is 25.1 Å². The first-order valence-corrected chi connectivity index (χ1v) is 13.8. The summed E-state index contributed by atoms with van der Waals surface area (Å²) in [6.07, 6.45) is 2.07. The van der Waals surface area contributed by atoms with Crippen LogP contribution in [-0.4, -0.2) is 71.7 Å². The van der Waals surface area contributed by atoms with Crippen molar-refractivity contribution in [2.24, 2.45) is 5.92 Å². The summed E-state index contributed by atoms with van der Waals surface area (Å²) in [5, 5.41) is 9.57. The van der Waals surface area contributed by atoms with Crippen molar-refractivity contribution >= 4 is 23.6 Å². The fraction of sp³-hybridized carbons (Fsp3) is 0.517. The Kier molecular flexibility index (Phi) is 12.8. The Hall–Kier alpha value is -2.85. The number of rotatable bonds is 14. The summed E-state index contributed by atoms with van der Waals surface area (Å²) in [5.74, 6) is 0.855. The highest BCUT2D eigenvalue weighted by molar-refractivity contribution is 6.30. The molecule has 0 spiro atoms. The summed E-state index contributed by atoms with van der Waals surface area (Å²) in [5.41, 5.74) is 2.01. The van der Waals surface area contributed by atoms with Crippen LogP contribution < -0.4 is 20.7 Å². The number of carbonyl (C=O) groups excluding carboxylic acids is 2. The highest BCUT2D eigenvalue weighted by Crippen LogP contribution is 2.31. The van der Waals surface area contributed by atoms with Crippen molar-refractivity contribution in [3.63, 3.8) is 0 Å². The lowest BCUT2D eigenvalue weighted by Gasteiger charge is -2.26. The normalized spacial score (nSPS) is 16.7. The van der Waals surface area contributed by atoms with E-state index in [0.717, 1.165) is 43.6 Å². The lowest BCUT2D eigenvalue weighted by Crippen LogP contribution is -2.41. The quantitative estimate of drug-likeness (QED) is 0.295. The van der Waals surface area contributed by atoms with E-state index in [4.69, 9.17) is 25.8 Å². The minimum Gasteiger partial charge on any atom is -0.494 e. The van der Waals surface area contributed by atoms with E-state index >= 15 is 0 Å². The SMILES string of the molecule is CCOc1cc(C(=O)NCC(C[C@H]2CCCOC2)NC)cc([C@H](OCCNC(=O)OC)c2cccc(Cl)c2)c1. The number of nitrogens with one attached hydrogen (secondary N) is 3. The number of benzene rings is 2. The van der Waals surface area contributed by atoms with Crippen LogP contribution in [0.4, 0.5) is 4.79 Å². The Morgan fingerprint density at radius 3 is 2.69 bits per heavy atom. The molecule has 3 rings (SSSR count). The molecule has 0 aromatic heterocycles. The molecule has 0 bridgehead atoms. The van der Waals surface area contributed by atoms with Crippen LogP contribution in [0.2, 0.25) is 5.02 Å². The van der Waals surface area contributed by atoms with Crippen molar-refractivity contribution in [1.82, 2.24) is 16.0 Å². The van der Waals surface area contributed by atoms with Crippen molar-refractivity contribution in [1.29, 1.82) is 0 Å². The Bertz CT molecular complexity index is 1060. The Balaban J connectivity index is 1.78. The van der Waals surface area contributed by atoms with Gasteiger partial charge in [0.1, 0.15) is 11.9 Å².